The van der Waals surface area contributed by atoms with Gasteiger partial charge < -0.3 is 10.6 Å². The number of carbonyl (C=O) groups is 1. The first kappa shape index (κ1) is 10.7. The molecule has 1 aromatic rings. The Hall–Kier alpha value is -1.77. The van der Waals surface area contributed by atoms with Crippen molar-refractivity contribution >= 4 is 11.6 Å². The number of amides is 1. The molecule has 0 saturated heterocycles. The zero-order valence-corrected chi connectivity index (χ0v) is 9.36. The fraction of sp³-hybridized carbons (Fsp3) is 0.308. The third-order valence-electron chi connectivity index (χ3n) is 2.87. The predicted molar refractivity (Wildman–Crippen MR) is 65.5 cm³/mol. The maximum atomic E-state index is 12.0. The highest BCUT2D eigenvalue weighted by atomic mass is 16.2. The Morgan fingerprint density at radius 2 is 2.38 bits per heavy atom. The fourth-order valence-electron chi connectivity index (χ4n) is 1.90. The van der Waals surface area contributed by atoms with Gasteiger partial charge in [-0.25, -0.2) is 0 Å². The standard InChI is InChI=1S/C13H16N2O/c1-3-9(2)15-13(16)11-8-14-12-7-5-4-6-10(11)12/h3-7,9,11,14H,1,8H2,2H3,(H,15,16). The van der Waals surface area contributed by atoms with Crippen molar-refractivity contribution in [2.45, 2.75) is 18.9 Å². The lowest BCUT2D eigenvalue weighted by atomic mass is 10.0. The van der Waals surface area contributed by atoms with Crippen LogP contribution >= 0.6 is 0 Å². The molecule has 2 atom stereocenters. The van der Waals surface area contributed by atoms with E-state index in [9.17, 15) is 4.79 Å². The molecule has 0 radical (unpaired) electrons. The van der Waals surface area contributed by atoms with Crippen LogP contribution in [-0.4, -0.2) is 18.5 Å². The van der Waals surface area contributed by atoms with E-state index < -0.39 is 0 Å². The molecule has 0 bridgehead atoms. The van der Waals surface area contributed by atoms with Gasteiger partial charge in [-0.15, -0.1) is 6.58 Å². The number of fused-ring (bicyclic) bond motifs is 1. The molecule has 0 aromatic heterocycles. The highest BCUT2D eigenvalue weighted by molar-refractivity contribution is 5.88. The molecule has 0 fully saturated rings. The zero-order chi connectivity index (χ0) is 11.5. The van der Waals surface area contributed by atoms with E-state index in [4.69, 9.17) is 0 Å². The molecule has 1 heterocycles. The van der Waals surface area contributed by atoms with Crippen LogP contribution in [0.3, 0.4) is 0 Å². The molecule has 1 aliphatic heterocycles. The quantitative estimate of drug-likeness (QED) is 0.757. The number of para-hydroxylation sites is 1. The monoisotopic (exact) mass is 216 g/mol. The van der Waals surface area contributed by atoms with Crippen molar-refractivity contribution in [2.24, 2.45) is 0 Å². The largest absolute Gasteiger partial charge is 0.384 e. The van der Waals surface area contributed by atoms with Crippen molar-refractivity contribution in [3.8, 4) is 0 Å². The number of hydrogen-bond donors (Lipinski definition) is 2. The first-order valence-electron chi connectivity index (χ1n) is 5.48. The zero-order valence-electron chi connectivity index (χ0n) is 9.36. The van der Waals surface area contributed by atoms with Crippen molar-refractivity contribution in [3.63, 3.8) is 0 Å². The minimum absolute atomic E-state index is 0.0141. The molecular formula is C13H16N2O. The predicted octanol–water partition coefficient (Wildman–Crippen LogP) is 1.89. The summed E-state index contributed by atoms with van der Waals surface area (Å²) in [6.45, 7) is 6.25. The Labute approximate surface area is 95.6 Å². The summed E-state index contributed by atoms with van der Waals surface area (Å²) in [4.78, 5) is 12.0. The van der Waals surface area contributed by atoms with Gasteiger partial charge >= 0.3 is 0 Å². The average molecular weight is 216 g/mol. The van der Waals surface area contributed by atoms with Gasteiger partial charge in [0.15, 0.2) is 0 Å². The van der Waals surface area contributed by atoms with Crippen LogP contribution in [0, 0.1) is 0 Å². The Kier molecular flexibility index (Phi) is 2.95. The van der Waals surface area contributed by atoms with E-state index in [2.05, 4.69) is 17.2 Å². The molecule has 2 rings (SSSR count). The maximum Gasteiger partial charge on any atom is 0.229 e. The van der Waals surface area contributed by atoms with Gasteiger partial charge in [0.2, 0.25) is 5.91 Å². The Balaban J connectivity index is 2.13. The van der Waals surface area contributed by atoms with Crippen molar-refractivity contribution in [1.82, 2.24) is 5.32 Å². The normalized spacial score (nSPS) is 19.4. The Morgan fingerprint density at radius 3 is 3.12 bits per heavy atom. The smallest absolute Gasteiger partial charge is 0.229 e. The third-order valence-corrected chi connectivity index (χ3v) is 2.87. The highest BCUT2D eigenvalue weighted by Gasteiger charge is 2.28. The fourth-order valence-corrected chi connectivity index (χ4v) is 1.90. The van der Waals surface area contributed by atoms with Gasteiger partial charge in [0.1, 0.15) is 0 Å². The summed E-state index contributed by atoms with van der Waals surface area (Å²) >= 11 is 0. The molecule has 1 aromatic carbocycles. The molecule has 1 aliphatic rings. The number of benzene rings is 1. The van der Waals surface area contributed by atoms with E-state index in [1.54, 1.807) is 6.08 Å². The Bertz CT molecular complexity index is 414. The second-order valence-electron chi connectivity index (χ2n) is 4.05. The molecule has 0 spiro atoms. The molecule has 1 amide bonds. The SMILES string of the molecule is C=CC(C)NC(=O)C1CNc2ccccc21. The van der Waals surface area contributed by atoms with Gasteiger partial charge in [0, 0.05) is 18.3 Å². The van der Waals surface area contributed by atoms with Crippen molar-refractivity contribution < 1.29 is 4.79 Å². The van der Waals surface area contributed by atoms with Gasteiger partial charge in [0.05, 0.1) is 5.92 Å². The first-order chi connectivity index (χ1) is 7.72. The van der Waals surface area contributed by atoms with Crippen LogP contribution in [-0.2, 0) is 4.79 Å². The average Bonchev–Trinajstić information content (AvgIpc) is 2.72. The topological polar surface area (TPSA) is 41.1 Å². The third kappa shape index (κ3) is 1.94. The van der Waals surface area contributed by atoms with Crippen molar-refractivity contribution in [1.29, 1.82) is 0 Å². The molecule has 16 heavy (non-hydrogen) atoms. The molecule has 3 nitrogen and oxygen atoms in total. The van der Waals surface area contributed by atoms with Gasteiger partial charge in [-0.3, -0.25) is 4.79 Å². The summed E-state index contributed by atoms with van der Waals surface area (Å²) in [5.74, 6) is -0.0246. The van der Waals surface area contributed by atoms with E-state index in [0.29, 0.717) is 6.54 Å². The van der Waals surface area contributed by atoms with E-state index in [0.717, 1.165) is 11.3 Å². The number of hydrogen-bond acceptors (Lipinski definition) is 2. The van der Waals surface area contributed by atoms with Gasteiger partial charge in [-0.2, -0.15) is 0 Å². The molecule has 84 valence electrons. The number of anilines is 1. The van der Waals surface area contributed by atoms with E-state index >= 15 is 0 Å². The minimum atomic E-state index is -0.0846. The van der Waals surface area contributed by atoms with Crippen LogP contribution in [0.2, 0.25) is 0 Å². The summed E-state index contributed by atoms with van der Waals surface area (Å²) < 4.78 is 0. The second-order valence-corrected chi connectivity index (χ2v) is 4.05. The van der Waals surface area contributed by atoms with Crippen molar-refractivity contribution in [2.75, 3.05) is 11.9 Å². The van der Waals surface area contributed by atoms with Crippen LogP contribution in [0.5, 0.6) is 0 Å². The van der Waals surface area contributed by atoms with E-state index in [1.165, 1.54) is 0 Å². The molecular weight excluding hydrogens is 200 g/mol. The summed E-state index contributed by atoms with van der Waals surface area (Å²) in [5.41, 5.74) is 2.14. The van der Waals surface area contributed by atoms with Crippen LogP contribution < -0.4 is 10.6 Å². The first-order valence-corrected chi connectivity index (χ1v) is 5.48. The lowest BCUT2D eigenvalue weighted by Crippen LogP contribution is -2.35. The summed E-state index contributed by atoms with van der Waals surface area (Å²) in [6.07, 6.45) is 1.73. The number of rotatable bonds is 3. The van der Waals surface area contributed by atoms with Crippen LogP contribution in [0.25, 0.3) is 0 Å². The lowest BCUT2D eigenvalue weighted by Gasteiger charge is -2.14. The molecule has 2 unspecified atom stereocenters. The van der Waals surface area contributed by atoms with Gasteiger partial charge in [0.25, 0.3) is 0 Å². The summed E-state index contributed by atoms with van der Waals surface area (Å²) in [5, 5.41) is 6.15. The molecule has 2 N–H and O–H groups in total. The second kappa shape index (κ2) is 4.39. The van der Waals surface area contributed by atoms with E-state index in [-0.39, 0.29) is 17.9 Å². The van der Waals surface area contributed by atoms with E-state index in [1.807, 2.05) is 31.2 Å². The molecule has 3 heteroatoms. The van der Waals surface area contributed by atoms with Crippen LogP contribution in [0.4, 0.5) is 5.69 Å². The highest BCUT2D eigenvalue weighted by Crippen LogP contribution is 2.30. The lowest BCUT2D eigenvalue weighted by molar-refractivity contribution is -0.122. The van der Waals surface area contributed by atoms with Gasteiger partial charge in [-0.1, -0.05) is 24.3 Å². The van der Waals surface area contributed by atoms with Crippen molar-refractivity contribution in [3.05, 3.63) is 42.5 Å². The Morgan fingerprint density at radius 1 is 1.62 bits per heavy atom. The molecule has 0 aliphatic carbocycles. The summed E-state index contributed by atoms with van der Waals surface area (Å²) in [7, 11) is 0. The summed E-state index contributed by atoms with van der Waals surface area (Å²) in [6, 6.07) is 7.94. The van der Waals surface area contributed by atoms with Crippen LogP contribution in [0.15, 0.2) is 36.9 Å². The number of nitrogens with one attached hydrogen (secondary N) is 2. The van der Waals surface area contributed by atoms with Crippen LogP contribution in [0.1, 0.15) is 18.4 Å². The van der Waals surface area contributed by atoms with Gasteiger partial charge in [-0.05, 0) is 18.6 Å². The molecule has 0 saturated carbocycles. The maximum absolute atomic E-state index is 12.0. The number of carbonyl (C=O) groups excluding carboxylic acids is 1. The minimum Gasteiger partial charge on any atom is -0.384 e.